The molecule has 31 heavy (non-hydrogen) atoms. The first-order valence-electron chi connectivity index (χ1n) is 11.2. The molecular weight excluding hydrogens is 386 g/mol. The highest BCUT2D eigenvalue weighted by molar-refractivity contribution is 6.14. The molecule has 1 saturated heterocycles. The van der Waals surface area contributed by atoms with Gasteiger partial charge in [-0.3, -0.25) is 9.88 Å². The number of ether oxygens (including phenoxy) is 2. The van der Waals surface area contributed by atoms with Crippen LogP contribution in [-0.4, -0.2) is 53.9 Å². The Morgan fingerprint density at radius 3 is 2.61 bits per heavy atom. The number of aryl methyl sites for hydroxylation is 1. The van der Waals surface area contributed by atoms with Crippen molar-refractivity contribution in [3.8, 4) is 5.75 Å². The Kier molecular flexibility index (Phi) is 5.11. The first kappa shape index (κ1) is 20.3. The molecule has 1 aliphatic heterocycles. The molecule has 2 aromatic heterocycles. The molecular formula is C26H31N3O2. The van der Waals surface area contributed by atoms with Gasteiger partial charge < -0.3 is 14.0 Å². The number of rotatable bonds is 4. The third-order valence-corrected chi connectivity index (χ3v) is 6.34. The molecule has 0 bridgehead atoms. The quantitative estimate of drug-likeness (QED) is 0.462. The van der Waals surface area contributed by atoms with Gasteiger partial charge >= 0.3 is 0 Å². The third kappa shape index (κ3) is 3.66. The molecule has 1 fully saturated rings. The maximum atomic E-state index is 6.17. The lowest BCUT2D eigenvalue weighted by Crippen LogP contribution is -2.38. The molecule has 4 aromatic rings. The van der Waals surface area contributed by atoms with Crippen LogP contribution in [0.2, 0.25) is 0 Å². The summed E-state index contributed by atoms with van der Waals surface area (Å²) in [6, 6.07) is 10.9. The molecule has 0 unspecified atom stereocenters. The van der Waals surface area contributed by atoms with Crippen molar-refractivity contribution in [1.82, 2.24) is 14.5 Å². The fraction of sp³-hybridized carbons (Fsp3) is 0.423. The summed E-state index contributed by atoms with van der Waals surface area (Å²) < 4.78 is 14.1. The molecule has 5 rings (SSSR count). The summed E-state index contributed by atoms with van der Waals surface area (Å²) in [6.07, 6.45) is 3.84. The van der Waals surface area contributed by atoms with Crippen LogP contribution in [0.5, 0.6) is 5.75 Å². The second-order valence-electron chi connectivity index (χ2n) is 9.48. The van der Waals surface area contributed by atoms with Gasteiger partial charge in [-0.05, 0) is 69.0 Å². The summed E-state index contributed by atoms with van der Waals surface area (Å²) in [5.74, 6) is 0.928. The van der Waals surface area contributed by atoms with Crippen molar-refractivity contribution in [3.63, 3.8) is 0 Å². The Morgan fingerprint density at radius 2 is 1.84 bits per heavy atom. The van der Waals surface area contributed by atoms with Gasteiger partial charge in [-0.2, -0.15) is 0 Å². The van der Waals surface area contributed by atoms with Crippen molar-refractivity contribution in [3.05, 3.63) is 48.3 Å². The van der Waals surface area contributed by atoms with E-state index in [0.29, 0.717) is 6.61 Å². The van der Waals surface area contributed by atoms with Crippen LogP contribution in [0.1, 0.15) is 26.3 Å². The maximum absolute atomic E-state index is 6.17. The largest absolute Gasteiger partial charge is 0.492 e. The van der Waals surface area contributed by atoms with E-state index in [1.807, 2.05) is 12.4 Å². The van der Waals surface area contributed by atoms with Gasteiger partial charge in [0.25, 0.3) is 0 Å². The van der Waals surface area contributed by atoms with Crippen LogP contribution in [0, 0.1) is 6.92 Å². The van der Waals surface area contributed by atoms with Gasteiger partial charge in [-0.1, -0.05) is 0 Å². The highest BCUT2D eigenvalue weighted by atomic mass is 16.5. The first-order chi connectivity index (χ1) is 14.9. The summed E-state index contributed by atoms with van der Waals surface area (Å²) in [4.78, 5) is 6.75. The van der Waals surface area contributed by atoms with Crippen molar-refractivity contribution in [2.45, 2.75) is 33.2 Å². The molecule has 0 saturated carbocycles. The molecule has 162 valence electrons. The van der Waals surface area contributed by atoms with Crippen LogP contribution >= 0.6 is 0 Å². The molecule has 0 N–H and O–H groups in total. The second kappa shape index (κ2) is 7.81. The number of pyridine rings is 1. The van der Waals surface area contributed by atoms with E-state index in [1.54, 1.807) is 0 Å². The minimum atomic E-state index is -0.0375. The van der Waals surface area contributed by atoms with Gasteiger partial charge in [-0.15, -0.1) is 0 Å². The number of morpholine rings is 1. The van der Waals surface area contributed by atoms with Gasteiger partial charge in [0.2, 0.25) is 0 Å². The van der Waals surface area contributed by atoms with Crippen LogP contribution in [-0.2, 0) is 10.3 Å². The lowest BCUT2D eigenvalue weighted by Gasteiger charge is -2.26. The Hall–Kier alpha value is -2.63. The van der Waals surface area contributed by atoms with Crippen molar-refractivity contribution < 1.29 is 9.47 Å². The molecule has 2 aromatic carbocycles. The Morgan fingerprint density at radius 1 is 1.03 bits per heavy atom. The summed E-state index contributed by atoms with van der Waals surface area (Å²) >= 11 is 0. The standard InChI is InChI=1S/C26H31N3O2/c1-18-21-7-8-27-17-19(21)15-23-22-16-20(31-14-11-28-9-12-30-13-10-28)5-6-24(22)29(25(18)23)26(2,3)4/h5-8,15-17H,9-14H2,1-4H3. The first-order valence-corrected chi connectivity index (χ1v) is 11.2. The van der Waals surface area contributed by atoms with Crippen LogP contribution in [0.25, 0.3) is 32.6 Å². The molecule has 0 spiro atoms. The Labute approximate surface area is 183 Å². The zero-order valence-corrected chi connectivity index (χ0v) is 18.9. The molecule has 0 atom stereocenters. The zero-order chi connectivity index (χ0) is 21.6. The average Bonchev–Trinajstić information content (AvgIpc) is 3.09. The minimum absolute atomic E-state index is 0.0375. The van der Waals surface area contributed by atoms with Crippen molar-refractivity contribution >= 4 is 32.6 Å². The molecule has 0 radical (unpaired) electrons. The second-order valence-corrected chi connectivity index (χ2v) is 9.48. The lowest BCUT2D eigenvalue weighted by atomic mass is 10.0. The van der Waals surface area contributed by atoms with E-state index in [4.69, 9.17) is 9.47 Å². The van der Waals surface area contributed by atoms with Gasteiger partial charge in [0.05, 0.1) is 18.7 Å². The maximum Gasteiger partial charge on any atom is 0.120 e. The fourth-order valence-electron chi connectivity index (χ4n) is 4.86. The average molecular weight is 418 g/mol. The van der Waals surface area contributed by atoms with Crippen LogP contribution in [0.4, 0.5) is 0 Å². The van der Waals surface area contributed by atoms with Crippen molar-refractivity contribution in [1.29, 1.82) is 0 Å². The summed E-state index contributed by atoms with van der Waals surface area (Å²) in [5, 5.41) is 4.95. The molecule has 5 nitrogen and oxygen atoms in total. The van der Waals surface area contributed by atoms with E-state index < -0.39 is 0 Å². The Balaban J connectivity index is 1.59. The van der Waals surface area contributed by atoms with E-state index >= 15 is 0 Å². The number of aromatic nitrogens is 2. The monoisotopic (exact) mass is 417 g/mol. The SMILES string of the molecule is Cc1c2ccncc2cc2c3cc(OCCN4CCOCC4)ccc3n(C(C)(C)C)c12. The number of fused-ring (bicyclic) bond motifs is 4. The van der Waals surface area contributed by atoms with Crippen LogP contribution < -0.4 is 4.74 Å². The van der Waals surface area contributed by atoms with Crippen LogP contribution in [0.15, 0.2) is 42.7 Å². The molecule has 5 heteroatoms. The summed E-state index contributed by atoms with van der Waals surface area (Å²) in [5.41, 5.74) is 3.81. The van der Waals surface area contributed by atoms with E-state index in [1.165, 1.54) is 38.1 Å². The number of benzene rings is 2. The number of hydrogen-bond acceptors (Lipinski definition) is 4. The Bertz CT molecular complexity index is 1250. The topological polar surface area (TPSA) is 39.5 Å². The van der Waals surface area contributed by atoms with E-state index in [-0.39, 0.29) is 5.54 Å². The smallest absolute Gasteiger partial charge is 0.120 e. The highest BCUT2D eigenvalue weighted by Crippen LogP contribution is 2.39. The fourth-order valence-corrected chi connectivity index (χ4v) is 4.86. The molecule has 0 amide bonds. The van der Waals surface area contributed by atoms with E-state index in [0.717, 1.165) is 38.6 Å². The van der Waals surface area contributed by atoms with E-state index in [9.17, 15) is 0 Å². The molecule has 3 heterocycles. The van der Waals surface area contributed by atoms with Gasteiger partial charge in [0, 0.05) is 59.2 Å². The van der Waals surface area contributed by atoms with Gasteiger partial charge in [-0.25, -0.2) is 0 Å². The van der Waals surface area contributed by atoms with Crippen molar-refractivity contribution in [2.75, 3.05) is 39.5 Å². The number of hydrogen-bond donors (Lipinski definition) is 0. The minimum Gasteiger partial charge on any atom is -0.492 e. The van der Waals surface area contributed by atoms with E-state index in [2.05, 4.69) is 72.5 Å². The summed E-state index contributed by atoms with van der Waals surface area (Å²) in [7, 11) is 0. The normalized spacial score (nSPS) is 15.9. The molecule has 1 aliphatic rings. The number of nitrogens with zero attached hydrogens (tertiary/aromatic N) is 3. The van der Waals surface area contributed by atoms with Gasteiger partial charge in [0.15, 0.2) is 0 Å². The lowest BCUT2D eigenvalue weighted by molar-refractivity contribution is 0.0322. The molecule has 0 aliphatic carbocycles. The highest BCUT2D eigenvalue weighted by Gasteiger charge is 2.23. The predicted octanol–water partition coefficient (Wildman–Crippen LogP) is 5.12. The third-order valence-electron chi connectivity index (χ3n) is 6.34. The zero-order valence-electron chi connectivity index (χ0n) is 18.9. The summed E-state index contributed by atoms with van der Waals surface area (Å²) in [6.45, 7) is 14.3. The van der Waals surface area contributed by atoms with Crippen molar-refractivity contribution in [2.24, 2.45) is 0 Å². The predicted molar refractivity (Wildman–Crippen MR) is 127 cm³/mol. The van der Waals surface area contributed by atoms with Gasteiger partial charge in [0.1, 0.15) is 12.4 Å². The van der Waals surface area contributed by atoms with Crippen LogP contribution in [0.3, 0.4) is 0 Å².